The van der Waals surface area contributed by atoms with Crippen LogP contribution in [-0.2, 0) is 16.9 Å². The highest BCUT2D eigenvalue weighted by atomic mass is 16.5. The van der Waals surface area contributed by atoms with Gasteiger partial charge in [-0.25, -0.2) is 0 Å². The van der Waals surface area contributed by atoms with E-state index in [2.05, 4.69) is 65.6 Å². The minimum Gasteiger partial charge on any atom is -0.457 e. The fourth-order valence-corrected chi connectivity index (χ4v) is 5.59. The van der Waals surface area contributed by atoms with Gasteiger partial charge in [-0.3, -0.25) is 4.79 Å². The van der Waals surface area contributed by atoms with E-state index < -0.39 is 0 Å². The largest absolute Gasteiger partial charge is 0.457 e. The Morgan fingerprint density at radius 2 is 1.37 bits per heavy atom. The molecule has 1 aliphatic rings. The van der Waals surface area contributed by atoms with Crippen molar-refractivity contribution in [2.24, 2.45) is 0 Å². The summed E-state index contributed by atoms with van der Waals surface area (Å²) in [5, 5.41) is 0. The van der Waals surface area contributed by atoms with E-state index in [0.717, 1.165) is 54.7 Å². The smallest absolute Gasteiger partial charge is 0.210 e. The highest BCUT2D eigenvalue weighted by Gasteiger charge is 2.39. The molecule has 5 rings (SSSR count). The molecular weight excluding hydrogens is 468 g/mol. The lowest BCUT2D eigenvalue weighted by molar-refractivity contribution is -0.127. The maximum atomic E-state index is 12.6. The molecule has 1 aliphatic carbocycles. The van der Waals surface area contributed by atoms with E-state index in [4.69, 9.17) is 4.74 Å². The molecule has 38 heavy (non-hydrogen) atoms. The molecule has 0 N–H and O–H groups in total. The van der Waals surface area contributed by atoms with Crippen molar-refractivity contribution in [3.8, 4) is 22.6 Å². The van der Waals surface area contributed by atoms with Gasteiger partial charge in [0.05, 0.1) is 5.54 Å². The number of amides is 1. The maximum Gasteiger partial charge on any atom is 0.210 e. The summed E-state index contributed by atoms with van der Waals surface area (Å²) in [5.41, 5.74) is 5.49. The Labute approximate surface area is 226 Å². The number of anilines is 1. The van der Waals surface area contributed by atoms with Crippen molar-refractivity contribution < 1.29 is 9.53 Å². The van der Waals surface area contributed by atoms with Gasteiger partial charge < -0.3 is 14.5 Å². The van der Waals surface area contributed by atoms with Gasteiger partial charge in [-0.2, -0.15) is 0 Å². The van der Waals surface area contributed by atoms with Crippen molar-refractivity contribution in [3.05, 3.63) is 114 Å². The first-order chi connectivity index (χ1) is 18.6. The van der Waals surface area contributed by atoms with E-state index in [1.807, 2.05) is 61.5 Å². The third-order valence-electron chi connectivity index (χ3n) is 7.73. The molecule has 0 aromatic heterocycles. The lowest BCUT2D eigenvalue weighted by atomic mass is 9.75. The molecule has 1 amide bonds. The van der Waals surface area contributed by atoms with Crippen molar-refractivity contribution in [1.29, 1.82) is 0 Å². The summed E-state index contributed by atoms with van der Waals surface area (Å²) in [6, 6.07) is 35.4. The number of ether oxygens (including phenoxy) is 1. The van der Waals surface area contributed by atoms with Gasteiger partial charge in [0.2, 0.25) is 6.41 Å². The van der Waals surface area contributed by atoms with Gasteiger partial charge in [0.15, 0.2) is 0 Å². The predicted octanol–water partition coefficient (Wildman–Crippen LogP) is 8.03. The Bertz CT molecular complexity index is 1330. The minimum absolute atomic E-state index is 0.337. The van der Waals surface area contributed by atoms with Crippen molar-refractivity contribution in [2.45, 2.75) is 44.2 Å². The summed E-state index contributed by atoms with van der Waals surface area (Å²) in [4.78, 5) is 16.8. The lowest BCUT2D eigenvalue weighted by Crippen LogP contribution is -2.46. The standard InChI is InChI=1S/C34H36N2O2/c1-35(2)31-20-18-29(19-21-31)28-16-14-27(15-17-28)25-36(26-37)34(22-7-4-8-23-34)30-10-9-13-33(24-30)38-32-11-5-3-6-12-32/h3,5-6,9-21,24,26H,4,7-8,22-23,25H2,1-2H3. The summed E-state index contributed by atoms with van der Waals surface area (Å²) in [6.45, 7) is 0.577. The van der Waals surface area contributed by atoms with Crippen LogP contribution in [-0.4, -0.2) is 25.4 Å². The van der Waals surface area contributed by atoms with Gasteiger partial charge in [0.25, 0.3) is 0 Å². The molecule has 4 nitrogen and oxygen atoms in total. The Morgan fingerprint density at radius 1 is 0.737 bits per heavy atom. The SMILES string of the molecule is CN(C)c1ccc(-c2ccc(CN(C=O)C3(c4cccc(Oc5ccccc5)c4)CCCCC3)cc2)cc1. The molecule has 4 heteroatoms. The summed E-state index contributed by atoms with van der Waals surface area (Å²) < 4.78 is 6.15. The Kier molecular flexibility index (Phi) is 7.78. The summed E-state index contributed by atoms with van der Waals surface area (Å²) >= 11 is 0. The molecule has 0 heterocycles. The first-order valence-electron chi connectivity index (χ1n) is 13.5. The third-order valence-corrected chi connectivity index (χ3v) is 7.73. The van der Waals surface area contributed by atoms with Crippen LogP contribution in [0.4, 0.5) is 5.69 Å². The van der Waals surface area contributed by atoms with Crippen molar-refractivity contribution in [2.75, 3.05) is 19.0 Å². The lowest BCUT2D eigenvalue weighted by Gasteiger charge is -2.45. The van der Waals surface area contributed by atoms with Crippen molar-refractivity contribution >= 4 is 12.1 Å². The minimum atomic E-state index is -0.337. The second-order valence-corrected chi connectivity index (χ2v) is 10.4. The fraction of sp³-hybridized carbons (Fsp3) is 0.265. The van der Waals surface area contributed by atoms with Crippen LogP contribution in [0.2, 0.25) is 0 Å². The molecule has 194 valence electrons. The number of benzene rings is 4. The van der Waals surface area contributed by atoms with Crippen LogP contribution >= 0.6 is 0 Å². The number of para-hydroxylation sites is 1. The number of hydrogen-bond acceptors (Lipinski definition) is 3. The molecule has 0 spiro atoms. The van der Waals surface area contributed by atoms with Crippen LogP contribution in [0.25, 0.3) is 11.1 Å². The number of carbonyl (C=O) groups is 1. The maximum absolute atomic E-state index is 12.6. The number of hydrogen-bond donors (Lipinski definition) is 0. The Balaban J connectivity index is 1.38. The van der Waals surface area contributed by atoms with Gasteiger partial charge in [0, 0.05) is 26.3 Å². The van der Waals surface area contributed by atoms with E-state index in [1.54, 1.807) is 0 Å². The highest BCUT2D eigenvalue weighted by Crippen LogP contribution is 2.43. The van der Waals surface area contributed by atoms with Gasteiger partial charge >= 0.3 is 0 Å². The number of nitrogens with zero attached hydrogens (tertiary/aromatic N) is 2. The van der Waals surface area contributed by atoms with Crippen molar-refractivity contribution in [3.63, 3.8) is 0 Å². The zero-order valence-electron chi connectivity index (χ0n) is 22.3. The van der Waals surface area contributed by atoms with E-state index in [1.165, 1.54) is 23.2 Å². The molecule has 0 unspecified atom stereocenters. The quantitative estimate of drug-likeness (QED) is 0.216. The average Bonchev–Trinajstić information content (AvgIpc) is 2.97. The summed E-state index contributed by atoms with van der Waals surface area (Å²) in [6.07, 6.45) is 6.37. The van der Waals surface area contributed by atoms with Crippen LogP contribution in [0.3, 0.4) is 0 Å². The van der Waals surface area contributed by atoms with Gasteiger partial charge in [-0.1, -0.05) is 86.0 Å². The average molecular weight is 505 g/mol. The van der Waals surface area contributed by atoms with Crippen LogP contribution in [0.15, 0.2) is 103 Å². The van der Waals surface area contributed by atoms with E-state index in [9.17, 15) is 4.79 Å². The third kappa shape index (κ3) is 5.60. The Morgan fingerprint density at radius 3 is 2.00 bits per heavy atom. The molecule has 4 aromatic rings. The summed E-state index contributed by atoms with van der Waals surface area (Å²) in [7, 11) is 4.10. The van der Waals surface area contributed by atoms with Crippen molar-refractivity contribution in [1.82, 2.24) is 4.90 Å². The monoisotopic (exact) mass is 504 g/mol. The zero-order chi connectivity index (χ0) is 26.4. The number of rotatable bonds is 9. The predicted molar refractivity (Wildman–Crippen MR) is 156 cm³/mol. The Hall–Kier alpha value is -4.05. The van der Waals surface area contributed by atoms with E-state index in [-0.39, 0.29) is 5.54 Å². The molecule has 0 saturated heterocycles. The summed E-state index contributed by atoms with van der Waals surface area (Å²) in [5.74, 6) is 1.61. The highest BCUT2D eigenvalue weighted by molar-refractivity contribution is 5.66. The van der Waals surface area contributed by atoms with Crippen LogP contribution in [0.5, 0.6) is 11.5 Å². The van der Waals surface area contributed by atoms with Crippen LogP contribution < -0.4 is 9.64 Å². The molecule has 0 bridgehead atoms. The van der Waals surface area contributed by atoms with Gasteiger partial charge in [-0.05, 0) is 71.5 Å². The second-order valence-electron chi connectivity index (χ2n) is 10.4. The van der Waals surface area contributed by atoms with Crippen LogP contribution in [0.1, 0.15) is 43.2 Å². The molecule has 0 atom stereocenters. The molecule has 0 radical (unpaired) electrons. The molecule has 4 aromatic carbocycles. The topological polar surface area (TPSA) is 32.8 Å². The fourth-order valence-electron chi connectivity index (χ4n) is 5.59. The second kappa shape index (κ2) is 11.6. The zero-order valence-corrected chi connectivity index (χ0v) is 22.3. The molecule has 1 fully saturated rings. The first-order valence-corrected chi connectivity index (χ1v) is 13.5. The molecule has 0 aliphatic heterocycles. The normalized spacial score (nSPS) is 14.5. The molecule has 1 saturated carbocycles. The number of carbonyl (C=O) groups excluding carboxylic acids is 1. The van der Waals surface area contributed by atoms with E-state index >= 15 is 0 Å². The van der Waals surface area contributed by atoms with E-state index in [0.29, 0.717) is 6.54 Å². The van der Waals surface area contributed by atoms with Gasteiger partial charge in [-0.15, -0.1) is 0 Å². The van der Waals surface area contributed by atoms with Gasteiger partial charge in [0.1, 0.15) is 11.5 Å². The molecular formula is C34H36N2O2. The first kappa shape index (κ1) is 25.6. The van der Waals surface area contributed by atoms with Crippen LogP contribution in [0, 0.1) is 0 Å².